The van der Waals surface area contributed by atoms with E-state index in [2.05, 4.69) is 35.2 Å². The van der Waals surface area contributed by atoms with Crippen molar-refractivity contribution in [3.05, 3.63) is 65.9 Å². The average molecular weight is 307 g/mol. The minimum absolute atomic E-state index is 0.241. The Hall–Kier alpha value is -2.75. The predicted octanol–water partition coefficient (Wildman–Crippen LogP) is 3.82. The zero-order valence-corrected chi connectivity index (χ0v) is 12.9. The van der Waals surface area contributed by atoms with Crippen molar-refractivity contribution in [2.24, 2.45) is 0 Å². The number of hydrogen-bond donors (Lipinski definition) is 0. The molecular weight excluding hydrogens is 290 g/mol. The van der Waals surface area contributed by atoms with Crippen LogP contribution in [0.4, 0.5) is 5.69 Å². The maximum Gasteiger partial charge on any atom is 0.373 e. The van der Waals surface area contributed by atoms with E-state index in [1.807, 2.05) is 18.2 Å². The van der Waals surface area contributed by atoms with Crippen LogP contribution in [0.1, 0.15) is 22.0 Å². The van der Waals surface area contributed by atoms with Crippen molar-refractivity contribution in [1.82, 2.24) is 0 Å². The van der Waals surface area contributed by atoms with Crippen molar-refractivity contribution < 1.29 is 13.9 Å². The van der Waals surface area contributed by atoms with Gasteiger partial charge >= 0.3 is 5.97 Å². The molecule has 4 heteroatoms. The highest BCUT2D eigenvalue weighted by Crippen LogP contribution is 2.33. The Morgan fingerprint density at radius 2 is 1.91 bits per heavy atom. The fourth-order valence-electron chi connectivity index (χ4n) is 3.04. The van der Waals surface area contributed by atoms with Crippen molar-refractivity contribution in [3.63, 3.8) is 0 Å². The monoisotopic (exact) mass is 307 g/mol. The lowest BCUT2D eigenvalue weighted by molar-refractivity contribution is 0.0567. The van der Waals surface area contributed by atoms with Crippen LogP contribution in [-0.2, 0) is 4.74 Å². The highest BCUT2D eigenvalue weighted by molar-refractivity contribution is 5.93. The standard InChI is InChI=1S/C19H17NO3/c1-22-19(21)18-9-14-7-8-16(10-17(14)23-18)20-11-15(12-20)13-5-3-2-4-6-13/h2-10,15H,11-12H2,1H3. The van der Waals surface area contributed by atoms with Gasteiger partial charge in [-0.1, -0.05) is 30.3 Å². The van der Waals surface area contributed by atoms with Crippen LogP contribution >= 0.6 is 0 Å². The Bertz CT molecular complexity index is 847. The molecule has 0 amide bonds. The van der Waals surface area contributed by atoms with Crippen LogP contribution in [0.15, 0.2) is 59.0 Å². The van der Waals surface area contributed by atoms with Gasteiger partial charge in [-0.15, -0.1) is 0 Å². The zero-order chi connectivity index (χ0) is 15.8. The molecule has 0 bridgehead atoms. The van der Waals surface area contributed by atoms with Crippen LogP contribution in [0.3, 0.4) is 0 Å². The molecule has 0 aliphatic carbocycles. The molecule has 0 unspecified atom stereocenters. The van der Waals surface area contributed by atoms with Crippen LogP contribution in [0.25, 0.3) is 11.0 Å². The van der Waals surface area contributed by atoms with Crippen molar-refractivity contribution in [2.45, 2.75) is 5.92 Å². The fourth-order valence-corrected chi connectivity index (χ4v) is 3.04. The molecule has 3 aromatic rings. The highest BCUT2D eigenvalue weighted by atomic mass is 16.5. The van der Waals surface area contributed by atoms with Gasteiger partial charge in [0.25, 0.3) is 0 Å². The normalized spacial score (nSPS) is 14.7. The molecule has 0 saturated carbocycles. The van der Waals surface area contributed by atoms with Gasteiger partial charge in [-0.2, -0.15) is 0 Å². The second-order valence-electron chi connectivity index (χ2n) is 5.84. The van der Waals surface area contributed by atoms with Crippen molar-refractivity contribution in [2.75, 3.05) is 25.1 Å². The number of anilines is 1. The van der Waals surface area contributed by atoms with Gasteiger partial charge in [-0.3, -0.25) is 0 Å². The smallest absolute Gasteiger partial charge is 0.373 e. The van der Waals surface area contributed by atoms with Gasteiger partial charge in [0.05, 0.1) is 7.11 Å². The molecule has 1 aromatic heterocycles. The number of rotatable bonds is 3. The predicted molar refractivity (Wildman–Crippen MR) is 88.9 cm³/mol. The molecule has 0 spiro atoms. The number of fused-ring (bicyclic) bond motifs is 1. The molecular formula is C19H17NO3. The first-order valence-corrected chi connectivity index (χ1v) is 7.66. The van der Waals surface area contributed by atoms with Crippen LogP contribution in [0, 0.1) is 0 Å². The Morgan fingerprint density at radius 1 is 1.13 bits per heavy atom. The number of ether oxygens (including phenoxy) is 1. The SMILES string of the molecule is COC(=O)c1cc2ccc(N3CC(c4ccccc4)C3)cc2o1. The third kappa shape index (κ3) is 2.46. The van der Waals surface area contributed by atoms with E-state index in [0.29, 0.717) is 11.5 Å². The quantitative estimate of drug-likeness (QED) is 0.690. The second kappa shape index (κ2) is 5.47. The Morgan fingerprint density at radius 3 is 2.65 bits per heavy atom. The Labute approximate surface area is 134 Å². The van der Waals surface area contributed by atoms with Gasteiger partial charge in [-0.25, -0.2) is 4.79 Å². The largest absolute Gasteiger partial charge is 0.463 e. The molecule has 0 N–H and O–H groups in total. The molecule has 0 atom stereocenters. The van der Waals surface area contributed by atoms with Gasteiger partial charge in [-0.05, 0) is 23.8 Å². The topological polar surface area (TPSA) is 42.7 Å². The summed E-state index contributed by atoms with van der Waals surface area (Å²) in [5.74, 6) is 0.371. The highest BCUT2D eigenvalue weighted by Gasteiger charge is 2.28. The molecule has 23 heavy (non-hydrogen) atoms. The first-order valence-electron chi connectivity index (χ1n) is 7.66. The van der Waals surface area contributed by atoms with E-state index in [9.17, 15) is 4.79 Å². The summed E-state index contributed by atoms with van der Waals surface area (Å²) in [5.41, 5.74) is 3.22. The molecule has 1 fully saturated rings. The summed E-state index contributed by atoms with van der Waals surface area (Å²) in [4.78, 5) is 13.9. The molecule has 2 aromatic carbocycles. The van der Waals surface area contributed by atoms with E-state index in [0.717, 1.165) is 24.2 Å². The van der Waals surface area contributed by atoms with Crippen LogP contribution < -0.4 is 4.90 Å². The summed E-state index contributed by atoms with van der Waals surface area (Å²) in [6.07, 6.45) is 0. The van der Waals surface area contributed by atoms with E-state index in [4.69, 9.17) is 9.15 Å². The number of furan rings is 1. The summed E-state index contributed by atoms with van der Waals surface area (Å²) >= 11 is 0. The first-order chi connectivity index (χ1) is 11.2. The second-order valence-corrected chi connectivity index (χ2v) is 5.84. The number of methoxy groups -OCH3 is 1. The molecule has 4 rings (SSSR count). The van der Waals surface area contributed by atoms with E-state index in [-0.39, 0.29) is 5.76 Å². The molecule has 4 nitrogen and oxygen atoms in total. The van der Waals surface area contributed by atoms with E-state index >= 15 is 0 Å². The maximum absolute atomic E-state index is 11.5. The Kier molecular flexibility index (Phi) is 3.30. The van der Waals surface area contributed by atoms with Crippen LogP contribution in [0.5, 0.6) is 0 Å². The van der Waals surface area contributed by atoms with Gasteiger partial charge in [0.1, 0.15) is 5.58 Å². The van der Waals surface area contributed by atoms with E-state index in [1.165, 1.54) is 12.7 Å². The van der Waals surface area contributed by atoms with E-state index < -0.39 is 5.97 Å². The molecule has 0 radical (unpaired) electrons. The van der Waals surface area contributed by atoms with Gasteiger partial charge in [0.2, 0.25) is 5.76 Å². The maximum atomic E-state index is 11.5. The molecule has 1 aliphatic rings. The van der Waals surface area contributed by atoms with Crippen molar-refractivity contribution in [1.29, 1.82) is 0 Å². The fraction of sp³-hybridized carbons (Fsp3) is 0.211. The summed E-state index contributed by atoms with van der Waals surface area (Å²) < 4.78 is 10.3. The molecule has 1 saturated heterocycles. The third-order valence-corrected chi connectivity index (χ3v) is 4.41. The van der Waals surface area contributed by atoms with Crippen molar-refractivity contribution >= 4 is 22.6 Å². The van der Waals surface area contributed by atoms with Crippen LogP contribution in [-0.4, -0.2) is 26.2 Å². The summed E-state index contributed by atoms with van der Waals surface area (Å²) in [5, 5.41) is 0.911. The molecule has 116 valence electrons. The van der Waals surface area contributed by atoms with Gasteiger partial charge in [0.15, 0.2) is 0 Å². The van der Waals surface area contributed by atoms with Crippen LogP contribution in [0.2, 0.25) is 0 Å². The minimum Gasteiger partial charge on any atom is -0.463 e. The lowest BCUT2D eigenvalue weighted by atomic mass is 9.91. The number of carbonyl (C=O) groups is 1. The van der Waals surface area contributed by atoms with Gasteiger partial charge in [0, 0.05) is 36.1 Å². The Balaban J connectivity index is 1.53. The van der Waals surface area contributed by atoms with E-state index in [1.54, 1.807) is 6.07 Å². The summed E-state index contributed by atoms with van der Waals surface area (Å²) in [6.45, 7) is 2.00. The summed E-state index contributed by atoms with van der Waals surface area (Å²) in [6, 6.07) is 18.3. The lowest BCUT2D eigenvalue weighted by Gasteiger charge is -2.41. The lowest BCUT2D eigenvalue weighted by Crippen LogP contribution is -2.44. The molecule has 2 heterocycles. The minimum atomic E-state index is -0.448. The number of esters is 1. The van der Waals surface area contributed by atoms with Crippen molar-refractivity contribution in [3.8, 4) is 0 Å². The third-order valence-electron chi connectivity index (χ3n) is 4.41. The number of carbonyl (C=O) groups excluding carboxylic acids is 1. The average Bonchev–Trinajstić information content (AvgIpc) is 2.97. The number of nitrogens with zero attached hydrogens (tertiary/aromatic N) is 1. The zero-order valence-electron chi connectivity index (χ0n) is 12.9. The number of hydrogen-bond acceptors (Lipinski definition) is 4. The van der Waals surface area contributed by atoms with Gasteiger partial charge < -0.3 is 14.1 Å². The summed E-state index contributed by atoms with van der Waals surface area (Å²) in [7, 11) is 1.35. The molecule has 1 aliphatic heterocycles. The number of benzene rings is 2. The first kappa shape index (κ1) is 13.9.